The van der Waals surface area contributed by atoms with Gasteiger partial charge in [0.1, 0.15) is 13.2 Å². The molecular formula is C58H108O6. The lowest BCUT2D eigenvalue weighted by Crippen LogP contribution is -2.30. The number of hydrogen-bond acceptors (Lipinski definition) is 6. The Kier molecular flexibility index (Phi) is 51.7. The molecule has 0 radical (unpaired) electrons. The van der Waals surface area contributed by atoms with E-state index in [-0.39, 0.29) is 31.1 Å². The minimum absolute atomic E-state index is 0.0660. The van der Waals surface area contributed by atoms with Crippen molar-refractivity contribution in [3.8, 4) is 0 Å². The molecule has 0 aliphatic heterocycles. The van der Waals surface area contributed by atoms with Gasteiger partial charge in [-0.25, -0.2) is 0 Å². The maximum Gasteiger partial charge on any atom is 0.306 e. The van der Waals surface area contributed by atoms with Crippen molar-refractivity contribution in [3.05, 3.63) is 24.3 Å². The third-order valence-electron chi connectivity index (χ3n) is 12.7. The van der Waals surface area contributed by atoms with Gasteiger partial charge in [0, 0.05) is 19.3 Å². The molecule has 64 heavy (non-hydrogen) atoms. The van der Waals surface area contributed by atoms with Gasteiger partial charge in [0.2, 0.25) is 0 Å². The normalized spacial score (nSPS) is 12.1. The molecular weight excluding hydrogens is 793 g/mol. The van der Waals surface area contributed by atoms with E-state index < -0.39 is 6.10 Å². The summed E-state index contributed by atoms with van der Waals surface area (Å²) in [7, 11) is 0. The molecule has 376 valence electrons. The standard InChI is InChI=1S/C58H108O6/c1-4-7-10-13-16-18-19-20-21-22-23-24-25-26-27-28-29-30-31-32-33-34-35-36-37-38-39-41-42-45-48-51-57(60)63-54-55(53-62-56(59)50-47-44-15-12-9-6-3)64-58(61)52-49-46-43-40-17-14-11-8-5-2/h19-20,22-23,55H,4-18,21,24-54H2,1-3H3/b20-19-,23-22-. The maximum absolute atomic E-state index is 12.7. The molecule has 0 aromatic rings. The highest BCUT2D eigenvalue weighted by Crippen LogP contribution is 2.17. The van der Waals surface area contributed by atoms with Crippen LogP contribution in [0.1, 0.15) is 310 Å². The van der Waals surface area contributed by atoms with Crippen molar-refractivity contribution in [2.24, 2.45) is 0 Å². The Labute approximate surface area is 398 Å². The summed E-state index contributed by atoms with van der Waals surface area (Å²) in [6.45, 7) is 6.58. The van der Waals surface area contributed by atoms with Crippen LogP contribution in [0, 0.1) is 0 Å². The lowest BCUT2D eigenvalue weighted by atomic mass is 10.0. The van der Waals surface area contributed by atoms with Gasteiger partial charge in [-0.15, -0.1) is 0 Å². The molecule has 0 aromatic heterocycles. The zero-order valence-electron chi connectivity index (χ0n) is 43.1. The molecule has 0 aliphatic rings. The van der Waals surface area contributed by atoms with Crippen LogP contribution in [-0.4, -0.2) is 37.2 Å². The smallest absolute Gasteiger partial charge is 0.306 e. The summed E-state index contributed by atoms with van der Waals surface area (Å²) in [5.74, 6) is -0.865. The average Bonchev–Trinajstić information content (AvgIpc) is 3.29. The highest BCUT2D eigenvalue weighted by atomic mass is 16.6. The monoisotopic (exact) mass is 901 g/mol. The fraction of sp³-hybridized carbons (Fsp3) is 0.879. The molecule has 0 saturated heterocycles. The molecule has 0 heterocycles. The van der Waals surface area contributed by atoms with E-state index in [1.54, 1.807) is 0 Å². The van der Waals surface area contributed by atoms with Gasteiger partial charge in [-0.3, -0.25) is 14.4 Å². The Bertz CT molecular complexity index is 1040. The Hall–Kier alpha value is -2.11. The fourth-order valence-corrected chi connectivity index (χ4v) is 8.42. The lowest BCUT2D eigenvalue weighted by Gasteiger charge is -2.18. The predicted octanol–water partition coefficient (Wildman–Crippen LogP) is 18.7. The number of esters is 3. The lowest BCUT2D eigenvalue weighted by molar-refractivity contribution is -0.167. The fourth-order valence-electron chi connectivity index (χ4n) is 8.42. The van der Waals surface area contributed by atoms with Gasteiger partial charge in [-0.05, 0) is 51.4 Å². The van der Waals surface area contributed by atoms with E-state index in [4.69, 9.17) is 14.2 Å². The summed E-state index contributed by atoms with van der Waals surface area (Å²) in [6.07, 6.45) is 62.3. The Morgan fingerprint density at radius 1 is 0.312 bits per heavy atom. The van der Waals surface area contributed by atoms with E-state index >= 15 is 0 Å². The molecule has 0 fully saturated rings. The molecule has 0 aromatic carbocycles. The van der Waals surface area contributed by atoms with Gasteiger partial charge >= 0.3 is 17.9 Å². The molecule has 6 nitrogen and oxygen atoms in total. The van der Waals surface area contributed by atoms with Crippen LogP contribution >= 0.6 is 0 Å². The van der Waals surface area contributed by atoms with E-state index in [0.717, 1.165) is 64.2 Å². The maximum atomic E-state index is 12.7. The van der Waals surface area contributed by atoms with Crippen molar-refractivity contribution in [1.82, 2.24) is 0 Å². The van der Waals surface area contributed by atoms with Gasteiger partial charge in [0.05, 0.1) is 0 Å². The van der Waals surface area contributed by atoms with E-state index in [1.165, 1.54) is 205 Å². The molecule has 0 bridgehead atoms. The van der Waals surface area contributed by atoms with Crippen molar-refractivity contribution in [2.45, 2.75) is 316 Å². The Balaban J connectivity index is 3.86. The molecule has 0 saturated carbocycles. The first kappa shape index (κ1) is 61.9. The van der Waals surface area contributed by atoms with E-state index in [0.29, 0.717) is 19.3 Å². The van der Waals surface area contributed by atoms with E-state index in [1.807, 2.05) is 0 Å². The van der Waals surface area contributed by atoms with Crippen molar-refractivity contribution in [2.75, 3.05) is 13.2 Å². The molecule has 0 N–H and O–H groups in total. The quantitative estimate of drug-likeness (QED) is 0.0262. The summed E-state index contributed by atoms with van der Waals surface area (Å²) in [5.41, 5.74) is 0. The Morgan fingerprint density at radius 2 is 0.562 bits per heavy atom. The minimum atomic E-state index is -0.760. The third-order valence-corrected chi connectivity index (χ3v) is 12.7. The van der Waals surface area contributed by atoms with Crippen LogP contribution in [0.25, 0.3) is 0 Å². The van der Waals surface area contributed by atoms with Gasteiger partial charge in [0.25, 0.3) is 0 Å². The second-order valence-corrected chi connectivity index (χ2v) is 19.2. The van der Waals surface area contributed by atoms with Gasteiger partial charge in [-0.2, -0.15) is 0 Å². The zero-order valence-corrected chi connectivity index (χ0v) is 43.1. The topological polar surface area (TPSA) is 78.9 Å². The second kappa shape index (κ2) is 53.5. The van der Waals surface area contributed by atoms with Gasteiger partial charge < -0.3 is 14.2 Å². The highest BCUT2D eigenvalue weighted by Gasteiger charge is 2.19. The SMILES string of the molecule is CCCCCCC/C=C\C/C=C\CCCCCCCCCCCCCCCCCCCCCC(=O)OCC(COC(=O)CCCCCCCC)OC(=O)CCCCCCCCCCC. The van der Waals surface area contributed by atoms with Crippen LogP contribution < -0.4 is 0 Å². The number of hydrogen-bond donors (Lipinski definition) is 0. The molecule has 0 spiro atoms. The second-order valence-electron chi connectivity index (χ2n) is 19.2. The number of allylic oxidation sites excluding steroid dienone is 4. The molecule has 1 atom stereocenters. The summed E-state index contributed by atoms with van der Waals surface area (Å²) in [6, 6.07) is 0. The zero-order chi connectivity index (χ0) is 46.5. The van der Waals surface area contributed by atoms with Crippen molar-refractivity contribution in [1.29, 1.82) is 0 Å². The van der Waals surface area contributed by atoms with Crippen LogP contribution in [0.2, 0.25) is 0 Å². The van der Waals surface area contributed by atoms with Crippen LogP contribution in [0.5, 0.6) is 0 Å². The van der Waals surface area contributed by atoms with Gasteiger partial charge in [-0.1, -0.05) is 263 Å². The number of carbonyl (C=O) groups excluding carboxylic acids is 3. The number of carbonyl (C=O) groups is 3. The van der Waals surface area contributed by atoms with Crippen LogP contribution in [0.15, 0.2) is 24.3 Å². The summed E-state index contributed by atoms with van der Waals surface area (Å²) in [5, 5.41) is 0. The molecule has 0 amide bonds. The summed E-state index contributed by atoms with van der Waals surface area (Å²) < 4.78 is 16.7. The molecule has 0 rings (SSSR count). The number of ether oxygens (including phenoxy) is 3. The molecule has 6 heteroatoms. The minimum Gasteiger partial charge on any atom is -0.462 e. The number of rotatable bonds is 52. The van der Waals surface area contributed by atoms with Crippen molar-refractivity contribution >= 4 is 17.9 Å². The summed E-state index contributed by atoms with van der Waals surface area (Å²) >= 11 is 0. The van der Waals surface area contributed by atoms with E-state index in [2.05, 4.69) is 45.1 Å². The largest absolute Gasteiger partial charge is 0.462 e. The van der Waals surface area contributed by atoms with Crippen molar-refractivity contribution < 1.29 is 28.6 Å². The van der Waals surface area contributed by atoms with Crippen LogP contribution in [0.4, 0.5) is 0 Å². The summed E-state index contributed by atoms with van der Waals surface area (Å²) in [4.78, 5) is 37.6. The average molecular weight is 901 g/mol. The number of unbranched alkanes of at least 4 members (excludes halogenated alkanes) is 37. The highest BCUT2D eigenvalue weighted by molar-refractivity contribution is 5.71. The molecule has 0 aliphatic carbocycles. The van der Waals surface area contributed by atoms with E-state index in [9.17, 15) is 14.4 Å². The first-order chi connectivity index (χ1) is 31.5. The van der Waals surface area contributed by atoms with Crippen molar-refractivity contribution in [3.63, 3.8) is 0 Å². The van der Waals surface area contributed by atoms with Crippen LogP contribution in [0.3, 0.4) is 0 Å². The Morgan fingerprint density at radius 3 is 0.859 bits per heavy atom. The predicted molar refractivity (Wildman–Crippen MR) is 275 cm³/mol. The van der Waals surface area contributed by atoms with Crippen LogP contribution in [-0.2, 0) is 28.6 Å². The first-order valence-corrected chi connectivity index (χ1v) is 28.3. The van der Waals surface area contributed by atoms with Gasteiger partial charge in [0.15, 0.2) is 6.10 Å². The molecule has 1 unspecified atom stereocenters. The third kappa shape index (κ3) is 50.9. The first-order valence-electron chi connectivity index (χ1n) is 28.3.